The van der Waals surface area contributed by atoms with Crippen molar-refractivity contribution in [2.75, 3.05) is 25.0 Å². The van der Waals surface area contributed by atoms with Gasteiger partial charge in [0, 0.05) is 13.0 Å². The third-order valence-electron chi connectivity index (χ3n) is 4.72. The summed E-state index contributed by atoms with van der Waals surface area (Å²) in [5.41, 5.74) is -0.363. The number of halogens is 1. The maximum absolute atomic E-state index is 12.9. The summed E-state index contributed by atoms with van der Waals surface area (Å²) in [4.78, 5) is 22.1. The zero-order chi connectivity index (χ0) is 17.3. The van der Waals surface area contributed by atoms with Crippen LogP contribution >= 0.6 is 0 Å². The van der Waals surface area contributed by atoms with Crippen molar-refractivity contribution >= 4 is 11.9 Å². The first-order chi connectivity index (χ1) is 12.1. The van der Waals surface area contributed by atoms with Crippen LogP contribution in [0.4, 0.5) is 10.3 Å². The third kappa shape index (κ3) is 3.34. The predicted octanol–water partition coefficient (Wildman–Crippen LogP) is 2.08. The van der Waals surface area contributed by atoms with Gasteiger partial charge in [0.15, 0.2) is 11.6 Å². The second-order valence-electron chi connectivity index (χ2n) is 6.57. The number of ether oxygens (including phenoxy) is 1. The van der Waals surface area contributed by atoms with Gasteiger partial charge in [-0.15, -0.1) is 0 Å². The molecule has 7 nitrogen and oxygen atoms in total. The summed E-state index contributed by atoms with van der Waals surface area (Å²) in [7, 11) is 0. The Balaban J connectivity index is 1.40. The number of rotatable bonds is 3. The van der Waals surface area contributed by atoms with Crippen molar-refractivity contribution in [1.82, 2.24) is 14.9 Å². The number of anilines is 1. The average Bonchev–Trinajstić information content (AvgIpc) is 3.27. The van der Waals surface area contributed by atoms with E-state index in [9.17, 15) is 9.18 Å². The predicted molar refractivity (Wildman–Crippen MR) is 86.5 cm³/mol. The maximum atomic E-state index is 12.9. The zero-order valence-electron chi connectivity index (χ0n) is 13.7. The first-order valence-corrected chi connectivity index (χ1v) is 8.34. The van der Waals surface area contributed by atoms with E-state index in [2.05, 4.69) is 15.3 Å². The van der Waals surface area contributed by atoms with Gasteiger partial charge in [0.2, 0.25) is 5.95 Å². The van der Waals surface area contributed by atoms with Gasteiger partial charge < -0.3 is 19.4 Å². The van der Waals surface area contributed by atoms with Crippen LogP contribution in [0.3, 0.4) is 0 Å². The number of carbonyl (C=O) groups is 1. The van der Waals surface area contributed by atoms with E-state index >= 15 is 0 Å². The van der Waals surface area contributed by atoms with Crippen LogP contribution in [0.15, 0.2) is 35.2 Å². The molecule has 0 radical (unpaired) electrons. The van der Waals surface area contributed by atoms with Gasteiger partial charge in [-0.05, 0) is 25.0 Å². The Morgan fingerprint density at radius 2 is 2.24 bits per heavy atom. The summed E-state index contributed by atoms with van der Waals surface area (Å²) < 4.78 is 24.2. The molecule has 1 spiro atoms. The van der Waals surface area contributed by atoms with Gasteiger partial charge in [-0.1, -0.05) is 0 Å². The second kappa shape index (κ2) is 6.44. The Kier molecular flexibility index (Phi) is 4.12. The minimum atomic E-state index is -0.468. The van der Waals surface area contributed by atoms with Crippen molar-refractivity contribution in [1.29, 1.82) is 0 Å². The van der Waals surface area contributed by atoms with E-state index in [1.165, 1.54) is 6.26 Å². The minimum absolute atomic E-state index is 0.0316. The summed E-state index contributed by atoms with van der Waals surface area (Å²) >= 11 is 0. The van der Waals surface area contributed by atoms with Gasteiger partial charge >= 0.3 is 0 Å². The summed E-state index contributed by atoms with van der Waals surface area (Å²) in [5.74, 6) is 0.158. The highest BCUT2D eigenvalue weighted by Crippen LogP contribution is 2.36. The maximum Gasteiger partial charge on any atom is 0.289 e. The number of likely N-dealkylation sites (tertiary alicyclic amines) is 1. The molecule has 132 valence electrons. The van der Waals surface area contributed by atoms with Crippen molar-refractivity contribution in [3.8, 4) is 0 Å². The van der Waals surface area contributed by atoms with Crippen LogP contribution < -0.4 is 5.32 Å². The number of amides is 1. The van der Waals surface area contributed by atoms with Crippen molar-refractivity contribution in [3.05, 3.63) is 42.4 Å². The number of piperidine rings is 1. The van der Waals surface area contributed by atoms with Crippen LogP contribution in [0.25, 0.3) is 0 Å². The molecule has 2 aromatic heterocycles. The molecule has 2 fully saturated rings. The molecule has 2 aromatic rings. The van der Waals surface area contributed by atoms with E-state index in [1.54, 1.807) is 17.0 Å². The molecule has 4 rings (SSSR count). The molecule has 2 aliphatic rings. The summed E-state index contributed by atoms with van der Waals surface area (Å²) in [6.45, 7) is 1.74. The van der Waals surface area contributed by atoms with Crippen molar-refractivity contribution in [2.45, 2.75) is 30.9 Å². The number of furan rings is 1. The molecule has 0 aromatic carbocycles. The monoisotopic (exact) mass is 346 g/mol. The highest BCUT2D eigenvalue weighted by Gasteiger charge is 2.45. The largest absolute Gasteiger partial charge is 0.459 e. The Morgan fingerprint density at radius 1 is 1.40 bits per heavy atom. The van der Waals surface area contributed by atoms with Crippen LogP contribution in [0.2, 0.25) is 0 Å². The Labute approximate surface area is 144 Å². The molecular weight excluding hydrogens is 327 g/mol. The molecule has 2 aliphatic heterocycles. The van der Waals surface area contributed by atoms with Gasteiger partial charge in [0.25, 0.3) is 5.91 Å². The van der Waals surface area contributed by atoms with Gasteiger partial charge in [-0.25, -0.2) is 14.4 Å². The molecule has 0 unspecified atom stereocenters. The quantitative estimate of drug-likeness (QED) is 0.917. The van der Waals surface area contributed by atoms with Crippen molar-refractivity contribution in [2.24, 2.45) is 0 Å². The van der Waals surface area contributed by atoms with E-state index in [0.717, 1.165) is 31.7 Å². The number of carbonyl (C=O) groups excluding carboxylic acids is 1. The second-order valence-corrected chi connectivity index (χ2v) is 6.57. The summed E-state index contributed by atoms with van der Waals surface area (Å²) in [6.07, 6.45) is 6.29. The standard InChI is InChI=1S/C17H19FN4O3/c18-12-8-19-16(20-9-12)21-13-7-17(25-10-13)4-2-5-22(11-17)15(23)14-3-1-6-24-14/h1,3,6,8-9,13H,2,4-5,7,10-11H2,(H,19,20,21)/t13-,17-/m0/s1. The van der Waals surface area contributed by atoms with E-state index in [4.69, 9.17) is 9.15 Å². The molecule has 0 aliphatic carbocycles. The first kappa shape index (κ1) is 16.0. The van der Waals surface area contributed by atoms with Crippen LogP contribution in [-0.4, -0.2) is 52.1 Å². The zero-order valence-corrected chi connectivity index (χ0v) is 13.7. The highest BCUT2D eigenvalue weighted by atomic mass is 19.1. The Hall–Kier alpha value is -2.48. The van der Waals surface area contributed by atoms with E-state index < -0.39 is 5.82 Å². The van der Waals surface area contributed by atoms with Gasteiger partial charge in [0.05, 0.1) is 43.5 Å². The Morgan fingerprint density at radius 3 is 3.00 bits per heavy atom. The number of nitrogens with one attached hydrogen (secondary N) is 1. The third-order valence-corrected chi connectivity index (χ3v) is 4.72. The smallest absolute Gasteiger partial charge is 0.289 e. The summed E-state index contributed by atoms with van der Waals surface area (Å²) in [5, 5.41) is 3.18. The van der Waals surface area contributed by atoms with Crippen LogP contribution in [0.1, 0.15) is 29.8 Å². The number of nitrogens with zero attached hydrogens (tertiary/aromatic N) is 3. The average molecular weight is 346 g/mol. The minimum Gasteiger partial charge on any atom is -0.459 e. The number of aromatic nitrogens is 2. The molecule has 1 amide bonds. The number of hydrogen-bond acceptors (Lipinski definition) is 6. The molecular formula is C17H19FN4O3. The molecule has 2 saturated heterocycles. The van der Waals surface area contributed by atoms with Crippen LogP contribution in [0.5, 0.6) is 0 Å². The lowest BCUT2D eigenvalue weighted by atomic mass is 9.88. The highest BCUT2D eigenvalue weighted by molar-refractivity contribution is 5.91. The lowest BCUT2D eigenvalue weighted by molar-refractivity contribution is -0.0452. The van der Waals surface area contributed by atoms with E-state index in [-0.39, 0.29) is 17.6 Å². The lowest BCUT2D eigenvalue weighted by Gasteiger charge is -2.39. The van der Waals surface area contributed by atoms with Crippen molar-refractivity contribution in [3.63, 3.8) is 0 Å². The fraction of sp³-hybridized carbons (Fsp3) is 0.471. The topological polar surface area (TPSA) is 80.5 Å². The van der Waals surface area contributed by atoms with Crippen LogP contribution in [-0.2, 0) is 4.74 Å². The summed E-state index contributed by atoms with van der Waals surface area (Å²) in [6, 6.07) is 3.42. The molecule has 4 heterocycles. The normalized spacial score (nSPS) is 26.1. The molecule has 25 heavy (non-hydrogen) atoms. The molecule has 2 atom stereocenters. The SMILES string of the molecule is O=C(c1ccco1)N1CCC[C@]2(C[C@H](Nc3ncc(F)cn3)CO2)C1. The Bertz CT molecular complexity index is 737. The first-order valence-electron chi connectivity index (χ1n) is 8.34. The molecule has 0 saturated carbocycles. The van der Waals surface area contributed by atoms with Gasteiger partial charge in [0.1, 0.15) is 0 Å². The fourth-order valence-corrected chi connectivity index (χ4v) is 3.62. The van der Waals surface area contributed by atoms with Gasteiger partial charge in [-0.2, -0.15) is 0 Å². The van der Waals surface area contributed by atoms with E-state index in [1.807, 2.05) is 0 Å². The fourth-order valence-electron chi connectivity index (χ4n) is 3.62. The number of hydrogen-bond donors (Lipinski definition) is 1. The molecule has 8 heteroatoms. The molecule has 1 N–H and O–H groups in total. The van der Waals surface area contributed by atoms with Gasteiger partial charge in [-0.3, -0.25) is 4.79 Å². The van der Waals surface area contributed by atoms with Crippen LogP contribution in [0, 0.1) is 5.82 Å². The van der Waals surface area contributed by atoms with E-state index in [0.29, 0.717) is 31.4 Å². The van der Waals surface area contributed by atoms with Crippen molar-refractivity contribution < 1.29 is 18.3 Å². The molecule has 0 bridgehead atoms. The lowest BCUT2D eigenvalue weighted by Crippen LogP contribution is -2.50.